The summed E-state index contributed by atoms with van der Waals surface area (Å²) in [7, 11) is 0. The Balaban J connectivity index is 2.35. The van der Waals surface area contributed by atoms with E-state index in [-0.39, 0.29) is 0 Å². The van der Waals surface area contributed by atoms with E-state index in [2.05, 4.69) is 11.1 Å². The van der Waals surface area contributed by atoms with Gasteiger partial charge < -0.3 is 0 Å². The Labute approximate surface area is 105 Å². The first-order valence-electron chi connectivity index (χ1n) is 5.71. The van der Waals surface area contributed by atoms with Crippen molar-refractivity contribution in [3.63, 3.8) is 0 Å². The Morgan fingerprint density at radius 1 is 1.00 bits per heavy atom. The van der Waals surface area contributed by atoms with Gasteiger partial charge in [-0.15, -0.1) is 0 Å². The van der Waals surface area contributed by atoms with Crippen molar-refractivity contribution in [1.29, 1.82) is 0 Å². The predicted octanol–water partition coefficient (Wildman–Crippen LogP) is 3.51. The summed E-state index contributed by atoms with van der Waals surface area (Å²) in [5, 5.41) is 2.14. The third-order valence-electron chi connectivity index (χ3n) is 2.93. The van der Waals surface area contributed by atoms with Gasteiger partial charge in [0, 0.05) is 10.8 Å². The molecule has 18 heavy (non-hydrogen) atoms. The molecule has 0 aliphatic rings. The number of benzene rings is 2. The molecule has 0 saturated carbocycles. The molecule has 0 bridgehead atoms. The molecule has 2 heteroatoms. The van der Waals surface area contributed by atoms with Crippen LogP contribution in [0.1, 0.15) is 5.56 Å². The van der Waals surface area contributed by atoms with Crippen molar-refractivity contribution in [1.82, 2.24) is 4.98 Å². The minimum absolute atomic E-state index is 0.932. The molecule has 2 nitrogen and oxygen atoms in total. The van der Waals surface area contributed by atoms with Crippen LogP contribution in [0.3, 0.4) is 0 Å². The van der Waals surface area contributed by atoms with E-state index in [9.17, 15) is 4.79 Å². The van der Waals surface area contributed by atoms with E-state index in [0.717, 1.165) is 27.4 Å². The Morgan fingerprint density at radius 2 is 1.83 bits per heavy atom. The van der Waals surface area contributed by atoms with Crippen molar-refractivity contribution in [2.45, 2.75) is 0 Å². The van der Waals surface area contributed by atoms with Crippen molar-refractivity contribution in [3.8, 4) is 0 Å². The molecule has 1 radical (unpaired) electrons. The van der Waals surface area contributed by atoms with Crippen LogP contribution in [0.4, 0.5) is 0 Å². The summed E-state index contributed by atoms with van der Waals surface area (Å²) in [6.07, 6.45) is 4.90. The summed E-state index contributed by atoms with van der Waals surface area (Å²) in [6, 6.07) is 16.0. The van der Waals surface area contributed by atoms with Gasteiger partial charge in [0.05, 0.1) is 11.0 Å². The van der Waals surface area contributed by atoms with Crippen LogP contribution in [-0.2, 0) is 4.79 Å². The lowest BCUT2D eigenvalue weighted by Crippen LogP contribution is -1.84. The number of hydrogen-bond donors (Lipinski definition) is 0. The number of allylic oxidation sites excluding steroid dienone is 1. The molecule has 1 aromatic heterocycles. The van der Waals surface area contributed by atoms with E-state index in [1.165, 1.54) is 6.08 Å². The highest BCUT2D eigenvalue weighted by molar-refractivity contribution is 5.97. The Kier molecular flexibility index (Phi) is 2.61. The average Bonchev–Trinajstić information content (AvgIpc) is 2.43. The second-order valence-electron chi connectivity index (χ2n) is 4.05. The SMILES string of the molecule is O=[C]C=Cc1cccc2nc3ccccc3cc12. The molecule has 0 fully saturated rings. The molecule has 0 amide bonds. The predicted molar refractivity (Wildman–Crippen MR) is 74.0 cm³/mol. The molecule has 0 aliphatic carbocycles. The molecule has 0 unspecified atom stereocenters. The van der Waals surface area contributed by atoms with Gasteiger partial charge in [-0.25, -0.2) is 4.98 Å². The lowest BCUT2D eigenvalue weighted by Gasteiger charge is -2.04. The lowest BCUT2D eigenvalue weighted by atomic mass is 10.1. The van der Waals surface area contributed by atoms with Gasteiger partial charge in [-0.1, -0.05) is 36.4 Å². The highest BCUT2D eigenvalue weighted by Gasteiger charge is 2.01. The topological polar surface area (TPSA) is 30.0 Å². The van der Waals surface area contributed by atoms with E-state index in [1.54, 1.807) is 12.4 Å². The van der Waals surface area contributed by atoms with Gasteiger partial charge in [0.15, 0.2) is 0 Å². The van der Waals surface area contributed by atoms with Crippen LogP contribution in [0, 0.1) is 0 Å². The molecule has 3 aromatic rings. The van der Waals surface area contributed by atoms with Crippen LogP contribution >= 0.6 is 0 Å². The molecule has 85 valence electrons. The highest BCUT2D eigenvalue weighted by Crippen LogP contribution is 2.23. The number of fused-ring (bicyclic) bond motifs is 2. The van der Waals surface area contributed by atoms with E-state index in [1.807, 2.05) is 42.5 Å². The van der Waals surface area contributed by atoms with Crippen LogP contribution in [0.2, 0.25) is 0 Å². The maximum Gasteiger partial charge on any atom is 0.225 e. The highest BCUT2D eigenvalue weighted by atomic mass is 16.1. The second-order valence-corrected chi connectivity index (χ2v) is 4.05. The second kappa shape index (κ2) is 4.41. The standard InChI is InChI=1S/C16H10NO/c18-10-4-7-12-6-3-9-16-14(12)11-13-5-1-2-8-15(13)17-16/h1-9,11H. The summed E-state index contributed by atoms with van der Waals surface area (Å²) in [5.41, 5.74) is 2.89. The van der Waals surface area contributed by atoms with Crippen molar-refractivity contribution in [2.24, 2.45) is 0 Å². The third kappa shape index (κ3) is 1.78. The summed E-state index contributed by atoms with van der Waals surface area (Å²) in [5.74, 6) is 0. The molecule has 0 atom stereocenters. The van der Waals surface area contributed by atoms with Gasteiger partial charge in [0.2, 0.25) is 6.29 Å². The van der Waals surface area contributed by atoms with Gasteiger partial charge in [0.25, 0.3) is 0 Å². The molecule has 0 aliphatic heterocycles. The number of rotatable bonds is 2. The quantitative estimate of drug-likeness (QED) is 0.500. The first kappa shape index (κ1) is 10.7. The fourth-order valence-electron chi connectivity index (χ4n) is 2.09. The van der Waals surface area contributed by atoms with Gasteiger partial charge in [-0.3, -0.25) is 4.79 Å². The van der Waals surface area contributed by atoms with Gasteiger partial charge in [0.1, 0.15) is 0 Å². The first-order chi connectivity index (χ1) is 8.88. The van der Waals surface area contributed by atoms with Gasteiger partial charge in [-0.2, -0.15) is 0 Å². The molecular weight excluding hydrogens is 222 g/mol. The number of carbonyl (C=O) groups excluding carboxylic acids is 1. The van der Waals surface area contributed by atoms with E-state index in [4.69, 9.17) is 0 Å². The minimum atomic E-state index is 0.932. The summed E-state index contributed by atoms with van der Waals surface area (Å²) in [6.45, 7) is 0. The molecule has 2 aromatic carbocycles. The normalized spacial score (nSPS) is 11.3. The zero-order valence-corrected chi connectivity index (χ0v) is 9.63. The summed E-state index contributed by atoms with van der Waals surface area (Å²) < 4.78 is 0. The molecular formula is C16H10NO. The van der Waals surface area contributed by atoms with Crippen molar-refractivity contribution in [3.05, 3.63) is 60.2 Å². The molecule has 0 spiro atoms. The number of pyridine rings is 1. The molecule has 0 saturated heterocycles. The maximum absolute atomic E-state index is 10.3. The van der Waals surface area contributed by atoms with Crippen LogP contribution < -0.4 is 0 Å². The number of hydrogen-bond acceptors (Lipinski definition) is 2. The average molecular weight is 232 g/mol. The largest absolute Gasteiger partial charge is 0.286 e. The smallest absolute Gasteiger partial charge is 0.225 e. The van der Waals surface area contributed by atoms with E-state index >= 15 is 0 Å². The minimum Gasteiger partial charge on any atom is -0.286 e. The van der Waals surface area contributed by atoms with E-state index < -0.39 is 0 Å². The summed E-state index contributed by atoms with van der Waals surface area (Å²) >= 11 is 0. The zero-order chi connectivity index (χ0) is 12.4. The lowest BCUT2D eigenvalue weighted by molar-refractivity contribution is 0.564. The Morgan fingerprint density at radius 3 is 2.72 bits per heavy atom. The fraction of sp³-hybridized carbons (Fsp3) is 0. The van der Waals surface area contributed by atoms with Gasteiger partial charge >= 0.3 is 0 Å². The van der Waals surface area contributed by atoms with Gasteiger partial charge in [-0.05, 0) is 29.8 Å². The number of aromatic nitrogens is 1. The molecule has 3 rings (SSSR count). The van der Waals surface area contributed by atoms with Crippen LogP contribution in [0.25, 0.3) is 27.9 Å². The third-order valence-corrected chi connectivity index (χ3v) is 2.93. The monoisotopic (exact) mass is 232 g/mol. The Bertz CT molecular complexity index is 759. The van der Waals surface area contributed by atoms with Crippen molar-refractivity contribution in [2.75, 3.05) is 0 Å². The first-order valence-corrected chi connectivity index (χ1v) is 5.71. The maximum atomic E-state index is 10.3. The zero-order valence-electron chi connectivity index (χ0n) is 9.63. The Hall–Kier alpha value is -2.48. The van der Waals surface area contributed by atoms with Crippen LogP contribution in [-0.4, -0.2) is 11.3 Å². The number of nitrogens with zero attached hydrogens (tertiary/aromatic N) is 1. The van der Waals surface area contributed by atoms with E-state index in [0.29, 0.717) is 0 Å². The van der Waals surface area contributed by atoms with Crippen LogP contribution in [0.5, 0.6) is 0 Å². The molecule has 0 N–H and O–H groups in total. The van der Waals surface area contributed by atoms with Crippen molar-refractivity contribution < 1.29 is 4.79 Å². The molecule has 1 heterocycles. The fourth-order valence-corrected chi connectivity index (χ4v) is 2.09. The van der Waals surface area contributed by atoms with Crippen molar-refractivity contribution >= 4 is 34.2 Å². The van der Waals surface area contributed by atoms with Crippen LogP contribution in [0.15, 0.2) is 54.6 Å². The summed E-state index contributed by atoms with van der Waals surface area (Å²) in [4.78, 5) is 14.9. The number of para-hydroxylation sites is 1.